The van der Waals surface area contributed by atoms with Gasteiger partial charge in [0.25, 0.3) is 0 Å². The Balaban J connectivity index is 2.36. The predicted molar refractivity (Wildman–Crippen MR) is 74.3 cm³/mol. The van der Waals surface area contributed by atoms with Gasteiger partial charge in [-0.1, -0.05) is 6.92 Å². The molecule has 0 aromatic rings. The van der Waals surface area contributed by atoms with E-state index in [1.165, 1.54) is 7.11 Å². The third-order valence-electron chi connectivity index (χ3n) is 4.71. The SMILES string of the molecule is CCC12CCC(C(=O)OC)(CC1)N2C(=O)OC(C)(C)C. The van der Waals surface area contributed by atoms with E-state index in [-0.39, 0.29) is 17.6 Å². The Morgan fingerprint density at radius 1 is 1.15 bits per heavy atom. The molecule has 0 unspecified atom stereocenters. The lowest BCUT2D eigenvalue weighted by atomic mass is 9.81. The minimum Gasteiger partial charge on any atom is -0.467 e. The quantitative estimate of drug-likeness (QED) is 0.731. The summed E-state index contributed by atoms with van der Waals surface area (Å²) in [6.45, 7) is 7.58. The first-order valence-corrected chi connectivity index (χ1v) is 7.32. The molecule has 2 aliphatic heterocycles. The zero-order valence-corrected chi connectivity index (χ0v) is 13.1. The summed E-state index contributed by atoms with van der Waals surface area (Å²) in [6, 6.07) is 0. The molecule has 0 N–H and O–H groups in total. The van der Waals surface area contributed by atoms with Crippen molar-refractivity contribution in [2.45, 2.75) is 76.5 Å². The van der Waals surface area contributed by atoms with Crippen molar-refractivity contribution >= 4 is 12.1 Å². The van der Waals surface area contributed by atoms with Crippen LogP contribution in [0.3, 0.4) is 0 Å². The number of amides is 1. The van der Waals surface area contributed by atoms with Gasteiger partial charge in [-0.15, -0.1) is 0 Å². The molecule has 2 rings (SSSR count). The van der Waals surface area contributed by atoms with Crippen molar-refractivity contribution < 1.29 is 19.1 Å². The summed E-state index contributed by atoms with van der Waals surface area (Å²) in [5, 5.41) is 0. The highest BCUT2D eigenvalue weighted by Crippen LogP contribution is 2.55. The lowest BCUT2D eigenvalue weighted by Crippen LogP contribution is -2.56. The number of hydrogen-bond acceptors (Lipinski definition) is 4. The van der Waals surface area contributed by atoms with E-state index in [4.69, 9.17) is 9.47 Å². The Morgan fingerprint density at radius 2 is 1.70 bits per heavy atom. The van der Waals surface area contributed by atoms with Crippen molar-refractivity contribution in [3.8, 4) is 0 Å². The highest BCUT2D eigenvalue weighted by molar-refractivity contribution is 5.88. The molecule has 0 radical (unpaired) electrons. The second-order valence-corrected chi connectivity index (χ2v) is 6.92. The fourth-order valence-corrected chi connectivity index (χ4v) is 3.70. The number of rotatable bonds is 2. The van der Waals surface area contributed by atoms with E-state index < -0.39 is 11.1 Å². The number of methoxy groups -OCH3 is 1. The third kappa shape index (κ3) is 2.07. The van der Waals surface area contributed by atoms with Crippen LogP contribution in [0.25, 0.3) is 0 Å². The minimum absolute atomic E-state index is 0.240. The van der Waals surface area contributed by atoms with Crippen molar-refractivity contribution in [1.29, 1.82) is 0 Å². The molecule has 2 aliphatic rings. The minimum atomic E-state index is -0.812. The Morgan fingerprint density at radius 3 is 2.10 bits per heavy atom. The van der Waals surface area contributed by atoms with Crippen LogP contribution in [0.15, 0.2) is 0 Å². The first-order valence-electron chi connectivity index (χ1n) is 7.32. The normalized spacial score (nSPS) is 32.4. The number of nitrogens with zero attached hydrogens (tertiary/aromatic N) is 1. The molecule has 5 nitrogen and oxygen atoms in total. The average Bonchev–Trinajstić information content (AvgIpc) is 2.88. The van der Waals surface area contributed by atoms with E-state index in [2.05, 4.69) is 6.92 Å². The number of esters is 1. The molecule has 0 aromatic heterocycles. The number of fused-ring (bicyclic) bond motifs is 2. The molecule has 20 heavy (non-hydrogen) atoms. The number of ether oxygens (including phenoxy) is 2. The fourth-order valence-electron chi connectivity index (χ4n) is 3.70. The Hall–Kier alpha value is -1.26. The summed E-state index contributed by atoms with van der Waals surface area (Å²) in [5.41, 5.74) is -1.62. The maximum Gasteiger partial charge on any atom is 0.411 e. The van der Waals surface area contributed by atoms with Crippen molar-refractivity contribution in [3.63, 3.8) is 0 Å². The van der Waals surface area contributed by atoms with Gasteiger partial charge >= 0.3 is 12.1 Å². The topological polar surface area (TPSA) is 55.8 Å². The van der Waals surface area contributed by atoms with Crippen LogP contribution in [-0.2, 0) is 14.3 Å². The molecule has 0 saturated carbocycles. The van der Waals surface area contributed by atoms with Gasteiger partial charge in [-0.3, -0.25) is 4.90 Å². The standard InChI is InChI=1S/C15H25NO4/c1-6-14-7-9-15(10-8-14,11(17)19-5)16(14)12(18)20-13(2,3)4/h6-10H2,1-5H3. The van der Waals surface area contributed by atoms with Crippen LogP contribution >= 0.6 is 0 Å². The largest absolute Gasteiger partial charge is 0.467 e. The van der Waals surface area contributed by atoms with Gasteiger partial charge in [0, 0.05) is 5.54 Å². The fraction of sp³-hybridized carbons (Fsp3) is 0.867. The molecule has 2 heterocycles. The molecule has 0 spiro atoms. The van der Waals surface area contributed by atoms with E-state index in [1.807, 2.05) is 20.8 Å². The Bertz CT molecular complexity index is 416. The maximum absolute atomic E-state index is 12.6. The lowest BCUT2D eigenvalue weighted by Gasteiger charge is -2.38. The van der Waals surface area contributed by atoms with Crippen LogP contribution in [0.4, 0.5) is 4.79 Å². The van der Waals surface area contributed by atoms with Gasteiger partial charge in [0.15, 0.2) is 0 Å². The summed E-state index contributed by atoms with van der Waals surface area (Å²) in [5.74, 6) is -0.309. The molecule has 114 valence electrons. The van der Waals surface area contributed by atoms with E-state index in [0.717, 1.165) is 19.3 Å². The molecule has 2 fully saturated rings. The molecule has 2 saturated heterocycles. The summed E-state index contributed by atoms with van der Waals surface area (Å²) >= 11 is 0. The molecule has 0 aliphatic carbocycles. The van der Waals surface area contributed by atoms with Gasteiger partial charge in [0.2, 0.25) is 0 Å². The second-order valence-electron chi connectivity index (χ2n) is 6.92. The smallest absolute Gasteiger partial charge is 0.411 e. The second kappa shape index (κ2) is 4.64. The van der Waals surface area contributed by atoms with E-state index in [9.17, 15) is 9.59 Å². The average molecular weight is 283 g/mol. The monoisotopic (exact) mass is 283 g/mol. The summed E-state index contributed by atoms with van der Waals surface area (Å²) < 4.78 is 10.5. The highest BCUT2D eigenvalue weighted by atomic mass is 16.6. The van der Waals surface area contributed by atoms with Gasteiger partial charge in [-0.2, -0.15) is 0 Å². The van der Waals surface area contributed by atoms with Crippen molar-refractivity contribution in [2.24, 2.45) is 0 Å². The van der Waals surface area contributed by atoms with Crippen LogP contribution in [0.5, 0.6) is 0 Å². The van der Waals surface area contributed by atoms with Crippen LogP contribution in [-0.4, -0.2) is 40.8 Å². The van der Waals surface area contributed by atoms with Gasteiger partial charge < -0.3 is 9.47 Å². The first kappa shape index (κ1) is 15.1. The summed E-state index contributed by atoms with van der Waals surface area (Å²) in [4.78, 5) is 26.6. The highest BCUT2D eigenvalue weighted by Gasteiger charge is 2.66. The molecular weight excluding hydrogens is 258 g/mol. The van der Waals surface area contributed by atoms with Crippen LogP contribution < -0.4 is 0 Å². The lowest BCUT2D eigenvalue weighted by molar-refractivity contribution is -0.152. The van der Waals surface area contributed by atoms with Crippen molar-refractivity contribution in [2.75, 3.05) is 7.11 Å². The molecule has 0 atom stereocenters. The van der Waals surface area contributed by atoms with Gasteiger partial charge in [-0.25, -0.2) is 9.59 Å². The number of hydrogen-bond donors (Lipinski definition) is 0. The number of carbonyl (C=O) groups excluding carboxylic acids is 2. The van der Waals surface area contributed by atoms with Crippen LogP contribution in [0, 0.1) is 0 Å². The van der Waals surface area contributed by atoms with Gasteiger partial charge in [-0.05, 0) is 52.9 Å². The first-order chi connectivity index (χ1) is 9.21. The summed E-state index contributed by atoms with van der Waals surface area (Å²) in [6.07, 6.45) is 3.49. The molecular formula is C15H25NO4. The zero-order valence-electron chi connectivity index (χ0n) is 13.1. The number of carbonyl (C=O) groups is 2. The molecule has 2 bridgehead atoms. The van der Waals surface area contributed by atoms with Crippen LogP contribution in [0.1, 0.15) is 59.8 Å². The van der Waals surface area contributed by atoms with E-state index in [1.54, 1.807) is 4.90 Å². The maximum atomic E-state index is 12.6. The van der Waals surface area contributed by atoms with Crippen molar-refractivity contribution in [1.82, 2.24) is 4.90 Å². The third-order valence-corrected chi connectivity index (χ3v) is 4.71. The molecule has 0 aromatic carbocycles. The van der Waals surface area contributed by atoms with E-state index >= 15 is 0 Å². The summed E-state index contributed by atoms with van der Waals surface area (Å²) in [7, 11) is 1.38. The zero-order chi connectivity index (χ0) is 15.2. The Labute approximate surface area is 120 Å². The molecule has 1 amide bonds. The van der Waals surface area contributed by atoms with Crippen molar-refractivity contribution in [3.05, 3.63) is 0 Å². The van der Waals surface area contributed by atoms with E-state index in [0.29, 0.717) is 12.8 Å². The predicted octanol–water partition coefficient (Wildman–Crippen LogP) is 2.87. The molecule has 5 heteroatoms. The van der Waals surface area contributed by atoms with Gasteiger partial charge in [0.05, 0.1) is 7.11 Å². The Kier molecular flexibility index (Phi) is 3.51. The van der Waals surface area contributed by atoms with Crippen LogP contribution in [0.2, 0.25) is 0 Å². The van der Waals surface area contributed by atoms with Gasteiger partial charge in [0.1, 0.15) is 11.1 Å².